The number of H-pyrrole nitrogens is 1. The van der Waals surface area contributed by atoms with Gasteiger partial charge in [0.25, 0.3) is 5.56 Å². The summed E-state index contributed by atoms with van der Waals surface area (Å²) < 4.78 is 5.26. The van der Waals surface area contributed by atoms with Gasteiger partial charge in [0.1, 0.15) is 11.6 Å². The summed E-state index contributed by atoms with van der Waals surface area (Å²) in [5.74, 6) is 1.87. The van der Waals surface area contributed by atoms with Crippen LogP contribution >= 0.6 is 0 Å². The Labute approximate surface area is 193 Å². The lowest BCUT2D eigenvalue weighted by Gasteiger charge is -2.31. The first-order valence-corrected chi connectivity index (χ1v) is 11.5. The molecule has 1 amide bonds. The number of carbonyl (C=O) groups is 1. The van der Waals surface area contributed by atoms with E-state index in [2.05, 4.69) is 27.9 Å². The number of likely N-dealkylation sites (tertiary alicyclic amines) is 1. The van der Waals surface area contributed by atoms with Gasteiger partial charge in [0.2, 0.25) is 5.91 Å². The summed E-state index contributed by atoms with van der Waals surface area (Å²) in [4.78, 5) is 38.7. The molecule has 2 aromatic heterocycles. The molecule has 1 N–H and O–H groups in total. The van der Waals surface area contributed by atoms with Crippen LogP contribution in [0.5, 0.6) is 5.75 Å². The van der Waals surface area contributed by atoms with Crippen molar-refractivity contribution in [1.29, 1.82) is 0 Å². The molecule has 33 heavy (non-hydrogen) atoms. The van der Waals surface area contributed by atoms with Gasteiger partial charge in [-0.25, -0.2) is 4.98 Å². The molecule has 7 heteroatoms. The van der Waals surface area contributed by atoms with Crippen molar-refractivity contribution in [3.63, 3.8) is 0 Å². The smallest absolute Gasteiger partial charge is 0.251 e. The molecule has 3 heterocycles. The number of benzene rings is 1. The van der Waals surface area contributed by atoms with Crippen molar-refractivity contribution in [3.05, 3.63) is 76.0 Å². The van der Waals surface area contributed by atoms with Crippen LogP contribution in [0.4, 0.5) is 0 Å². The Kier molecular flexibility index (Phi) is 7.17. The molecule has 1 aliphatic heterocycles. The number of nitrogens with one attached hydrogen (secondary N) is 1. The Morgan fingerprint density at radius 2 is 1.97 bits per heavy atom. The third kappa shape index (κ3) is 5.66. The second-order valence-corrected chi connectivity index (χ2v) is 8.53. The van der Waals surface area contributed by atoms with E-state index >= 15 is 0 Å². The number of pyridine rings is 1. The van der Waals surface area contributed by atoms with Crippen molar-refractivity contribution in [2.75, 3.05) is 20.2 Å². The molecule has 0 spiro atoms. The molecule has 0 atom stereocenters. The monoisotopic (exact) mass is 446 g/mol. The van der Waals surface area contributed by atoms with E-state index in [0.29, 0.717) is 36.7 Å². The van der Waals surface area contributed by atoms with Crippen molar-refractivity contribution < 1.29 is 9.53 Å². The van der Waals surface area contributed by atoms with E-state index in [1.807, 2.05) is 35.2 Å². The third-order valence-electron chi connectivity index (χ3n) is 6.31. The van der Waals surface area contributed by atoms with Crippen LogP contribution in [-0.2, 0) is 11.2 Å². The number of ether oxygens (including phenoxy) is 1. The highest BCUT2D eigenvalue weighted by Crippen LogP contribution is 2.27. The van der Waals surface area contributed by atoms with E-state index in [-0.39, 0.29) is 17.4 Å². The third-order valence-corrected chi connectivity index (χ3v) is 6.31. The van der Waals surface area contributed by atoms with E-state index in [4.69, 9.17) is 4.74 Å². The number of hydrogen-bond donors (Lipinski definition) is 1. The number of rotatable bonds is 7. The molecule has 0 saturated carbocycles. The lowest BCUT2D eigenvalue weighted by atomic mass is 9.95. The summed E-state index contributed by atoms with van der Waals surface area (Å²) in [5, 5.41) is 0. The van der Waals surface area contributed by atoms with Crippen molar-refractivity contribution >= 4 is 5.91 Å². The quantitative estimate of drug-likeness (QED) is 0.595. The highest BCUT2D eigenvalue weighted by molar-refractivity contribution is 5.76. The van der Waals surface area contributed by atoms with Gasteiger partial charge in [0.05, 0.1) is 18.5 Å². The Bertz CT molecular complexity index is 1150. The maximum Gasteiger partial charge on any atom is 0.251 e. The topological polar surface area (TPSA) is 88.2 Å². The van der Waals surface area contributed by atoms with E-state index < -0.39 is 0 Å². The van der Waals surface area contributed by atoms with E-state index in [9.17, 15) is 9.59 Å². The standard InChI is InChI=1S/C26H30N4O3/c1-18-16-21(33-2)10-9-19(18)6-5-8-25(32)30-14-11-20(12-15-30)26-28-23(17-24(31)29-26)22-7-3-4-13-27-22/h3-4,7,9-10,13,16-17,20H,5-6,8,11-12,14-15H2,1-2H3,(H,28,29,31). The minimum Gasteiger partial charge on any atom is -0.497 e. The van der Waals surface area contributed by atoms with Crippen molar-refractivity contribution in [2.45, 2.75) is 44.9 Å². The number of aryl methyl sites for hydroxylation is 2. The van der Waals surface area contributed by atoms with Crippen LogP contribution in [-0.4, -0.2) is 46.0 Å². The second kappa shape index (κ2) is 10.4. The molecule has 1 aliphatic rings. The molecule has 0 aliphatic carbocycles. The van der Waals surface area contributed by atoms with E-state index in [1.165, 1.54) is 17.2 Å². The lowest BCUT2D eigenvalue weighted by molar-refractivity contribution is -0.132. The van der Waals surface area contributed by atoms with Gasteiger partial charge >= 0.3 is 0 Å². The van der Waals surface area contributed by atoms with E-state index in [1.54, 1.807) is 13.3 Å². The molecule has 7 nitrogen and oxygen atoms in total. The van der Waals surface area contributed by atoms with Crippen LogP contribution in [0.25, 0.3) is 11.4 Å². The van der Waals surface area contributed by atoms with E-state index in [0.717, 1.165) is 31.4 Å². The van der Waals surface area contributed by atoms with Crippen molar-refractivity contribution in [2.24, 2.45) is 0 Å². The molecule has 1 aromatic carbocycles. The summed E-state index contributed by atoms with van der Waals surface area (Å²) in [6, 6.07) is 13.1. The summed E-state index contributed by atoms with van der Waals surface area (Å²) in [6.45, 7) is 3.44. The molecular formula is C26H30N4O3. The number of amides is 1. The molecule has 0 radical (unpaired) electrons. The average molecular weight is 447 g/mol. The minimum atomic E-state index is -0.173. The summed E-state index contributed by atoms with van der Waals surface area (Å²) in [5.41, 5.74) is 3.54. The average Bonchev–Trinajstić information content (AvgIpc) is 2.85. The van der Waals surface area contributed by atoms with Gasteiger partial charge in [-0.1, -0.05) is 12.1 Å². The molecule has 1 saturated heterocycles. The second-order valence-electron chi connectivity index (χ2n) is 8.53. The Hall–Kier alpha value is -3.48. The van der Waals surface area contributed by atoms with Gasteiger partial charge < -0.3 is 14.6 Å². The number of methoxy groups -OCH3 is 1. The van der Waals surface area contributed by atoms with Crippen molar-refractivity contribution in [3.8, 4) is 17.1 Å². The van der Waals surface area contributed by atoms with Crippen LogP contribution in [0.3, 0.4) is 0 Å². The maximum absolute atomic E-state index is 12.7. The van der Waals surface area contributed by atoms with Gasteiger partial charge in [-0.3, -0.25) is 14.6 Å². The highest BCUT2D eigenvalue weighted by atomic mass is 16.5. The highest BCUT2D eigenvalue weighted by Gasteiger charge is 2.25. The van der Waals surface area contributed by atoms with Crippen LogP contribution in [0.15, 0.2) is 53.5 Å². The SMILES string of the molecule is COc1ccc(CCCC(=O)N2CCC(c3nc(-c4ccccn4)cc(=O)[nH]3)CC2)c(C)c1. The van der Waals surface area contributed by atoms with Gasteiger partial charge in [0, 0.05) is 37.7 Å². The fraction of sp³-hybridized carbons (Fsp3) is 0.385. The molecule has 3 aromatic rings. The summed E-state index contributed by atoms with van der Waals surface area (Å²) >= 11 is 0. The molecule has 1 fully saturated rings. The number of piperidine rings is 1. The summed E-state index contributed by atoms with van der Waals surface area (Å²) in [6.07, 6.45) is 5.52. The lowest BCUT2D eigenvalue weighted by Crippen LogP contribution is -2.38. The molecule has 172 valence electrons. The predicted octanol–water partition coefficient (Wildman–Crippen LogP) is 3.88. The molecular weight excluding hydrogens is 416 g/mol. The zero-order valence-corrected chi connectivity index (χ0v) is 19.2. The van der Waals surface area contributed by atoms with Gasteiger partial charge in [-0.2, -0.15) is 0 Å². The minimum absolute atomic E-state index is 0.132. The maximum atomic E-state index is 12.7. The number of aromatic nitrogens is 3. The Balaban J connectivity index is 1.30. The fourth-order valence-electron chi connectivity index (χ4n) is 4.38. The van der Waals surface area contributed by atoms with Crippen LogP contribution in [0.2, 0.25) is 0 Å². The number of nitrogens with zero attached hydrogens (tertiary/aromatic N) is 3. The van der Waals surface area contributed by atoms with Crippen LogP contribution in [0.1, 0.15) is 48.6 Å². The van der Waals surface area contributed by atoms with Crippen molar-refractivity contribution in [1.82, 2.24) is 19.9 Å². The van der Waals surface area contributed by atoms with Crippen LogP contribution < -0.4 is 10.3 Å². The number of aromatic amines is 1. The Morgan fingerprint density at radius 1 is 1.15 bits per heavy atom. The molecule has 0 bridgehead atoms. The zero-order valence-electron chi connectivity index (χ0n) is 19.2. The van der Waals surface area contributed by atoms with Crippen LogP contribution in [0, 0.1) is 6.92 Å². The van der Waals surface area contributed by atoms with Gasteiger partial charge in [0.15, 0.2) is 0 Å². The fourth-order valence-corrected chi connectivity index (χ4v) is 4.38. The van der Waals surface area contributed by atoms with Gasteiger partial charge in [-0.15, -0.1) is 0 Å². The largest absolute Gasteiger partial charge is 0.497 e. The Morgan fingerprint density at radius 3 is 2.67 bits per heavy atom. The number of hydrogen-bond acceptors (Lipinski definition) is 5. The molecule has 4 rings (SSSR count). The molecule has 0 unspecified atom stereocenters. The normalized spacial score (nSPS) is 14.3. The first kappa shape index (κ1) is 22.7. The predicted molar refractivity (Wildman–Crippen MR) is 127 cm³/mol. The van der Waals surface area contributed by atoms with Gasteiger partial charge in [-0.05, 0) is 68.0 Å². The first-order valence-electron chi connectivity index (χ1n) is 11.5. The summed E-state index contributed by atoms with van der Waals surface area (Å²) in [7, 11) is 1.67. The number of carbonyl (C=O) groups excluding carboxylic acids is 1. The first-order chi connectivity index (χ1) is 16.0. The zero-order chi connectivity index (χ0) is 23.2.